The van der Waals surface area contributed by atoms with Crippen molar-refractivity contribution in [3.05, 3.63) is 130 Å². The van der Waals surface area contributed by atoms with Gasteiger partial charge in [-0.15, -0.1) is 0 Å². The Balaban J connectivity index is 0.000000615. The van der Waals surface area contributed by atoms with Crippen LogP contribution in [0.25, 0.3) is 0 Å². The summed E-state index contributed by atoms with van der Waals surface area (Å²) < 4.78 is 0. The molecule has 0 saturated heterocycles. The van der Waals surface area contributed by atoms with Gasteiger partial charge in [-0.3, -0.25) is 0 Å². The monoisotopic (exact) mass is 1140 g/mol. The highest BCUT2D eigenvalue weighted by atomic mass is 16.3. The Morgan fingerprint density at radius 3 is 0.951 bits per heavy atom. The van der Waals surface area contributed by atoms with Crippen molar-refractivity contribution in [2.45, 2.75) is 281 Å². The second kappa shape index (κ2) is 35.4. The SMILES string of the molecule is C=C1[C@H](O)CC(=C/C=C/C(C)/C(C)=C(/C)C(C)CCCC(C)(C)O)C[C@H]1O.C=C1[C@H](O)CC(=C/C=C/C(C)/C(C)=C(\C)C(C)CCCC(C)(C)O)C[C@H]1O.C=C1[C@H](O)CC(=C/C=C/C(C)C(C)(C)C(C)C(C)CCCC(C)(C)O)C[C@H]1O. The third-order valence-electron chi connectivity index (χ3n) is 19.1. The summed E-state index contributed by atoms with van der Waals surface area (Å²) in [5.74, 6) is 3.26. The Hall–Kier alpha value is -3.22. The molecular formula is C73H124O9. The van der Waals surface area contributed by atoms with E-state index in [0.717, 1.165) is 74.5 Å². The van der Waals surface area contributed by atoms with E-state index in [-0.39, 0.29) is 5.41 Å². The number of allylic oxidation sites excluding steroid dienone is 13. The van der Waals surface area contributed by atoms with Crippen molar-refractivity contribution in [1.82, 2.24) is 0 Å². The van der Waals surface area contributed by atoms with Crippen molar-refractivity contribution in [3.8, 4) is 0 Å². The van der Waals surface area contributed by atoms with Gasteiger partial charge < -0.3 is 46.0 Å². The summed E-state index contributed by atoms with van der Waals surface area (Å²) >= 11 is 0. The Labute approximate surface area is 502 Å². The molecule has 0 radical (unpaired) electrons. The van der Waals surface area contributed by atoms with Crippen LogP contribution in [-0.4, -0.2) is 99.4 Å². The molecule has 3 rings (SSSR count). The minimum atomic E-state index is -0.639. The van der Waals surface area contributed by atoms with Crippen molar-refractivity contribution in [2.75, 3.05) is 0 Å². The topological polar surface area (TPSA) is 182 Å². The van der Waals surface area contributed by atoms with Gasteiger partial charge in [-0.25, -0.2) is 0 Å². The van der Waals surface area contributed by atoms with Gasteiger partial charge in [0.2, 0.25) is 0 Å². The number of hydrogen-bond acceptors (Lipinski definition) is 9. The average molecular weight is 1150 g/mol. The lowest BCUT2D eigenvalue weighted by atomic mass is 9.65. The summed E-state index contributed by atoms with van der Waals surface area (Å²) in [6.07, 6.45) is 27.3. The maximum absolute atomic E-state index is 9.97. The second-order valence-corrected chi connectivity index (χ2v) is 28.3. The van der Waals surface area contributed by atoms with E-state index in [1.54, 1.807) is 0 Å². The zero-order valence-corrected chi connectivity index (χ0v) is 55.5. The van der Waals surface area contributed by atoms with Crippen LogP contribution in [0.2, 0.25) is 0 Å². The Bertz CT molecular complexity index is 2090. The first-order valence-corrected chi connectivity index (χ1v) is 31.3. The van der Waals surface area contributed by atoms with Crippen molar-refractivity contribution in [2.24, 2.45) is 46.8 Å². The minimum Gasteiger partial charge on any atom is -0.390 e. The fourth-order valence-electron chi connectivity index (χ4n) is 11.1. The quantitative estimate of drug-likeness (QED) is 0.0402. The molecule has 82 heavy (non-hydrogen) atoms. The van der Waals surface area contributed by atoms with Gasteiger partial charge in [0.15, 0.2) is 0 Å². The third-order valence-corrected chi connectivity index (χ3v) is 19.1. The number of hydrogen-bond donors (Lipinski definition) is 9. The van der Waals surface area contributed by atoms with Gasteiger partial charge in [-0.1, -0.05) is 201 Å². The molecule has 3 aliphatic carbocycles. The Kier molecular flexibility index (Phi) is 33.2. The molecule has 0 amide bonds. The summed E-state index contributed by atoms with van der Waals surface area (Å²) in [6.45, 7) is 51.9. The molecule has 9 N–H and O–H groups in total. The van der Waals surface area contributed by atoms with Crippen LogP contribution in [0, 0.1) is 46.8 Å². The van der Waals surface area contributed by atoms with E-state index >= 15 is 0 Å². The fraction of sp³-hybridized carbons (Fsp3) is 0.699. The lowest BCUT2D eigenvalue weighted by Gasteiger charge is -2.40. The first-order valence-electron chi connectivity index (χ1n) is 31.3. The van der Waals surface area contributed by atoms with Crippen molar-refractivity contribution in [3.63, 3.8) is 0 Å². The molecule has 470 valence electrons. The summed E-state index contributed by atoms with van der Waals surface area (Å²) in [5, 5.41) is 89.3. The van der Waals surface area contributed by atoms with Gasteiger partial charge in [0.05, 0.1) is 53.4 Å². The molecule has 0 aliphatic heterocycles. The molecule has 13 atom stereocenters. The van der Waals surface area contributed by atoms with Gasteiger partial charge in [-0.2, -0.15) is 0 Å². The molecule has 3 saturated carbocycles. The van der Waals surface area contributed by atoms with E-state index < -0.39 is 53.4 Å². The molecule has 0 aromatic heterocycles. The molecule has 0 aromatic carbocycles. The lowest BCUT2D eigenvalue weighted by Crippen LogP contribution is -2.32. The minimum absolute atomic E-state index is 0.156. The predicted molar refractivity (Wildman–Crippen MR) is 348 cm³/mol. The highest BCUT2D eigenvalue weighted by Gasteiger charge is 2.34. The van der Waals surface area contributed by atoms with Crippen molar-refractivity contribution >= 4 is 0 Å². The van der Waals surface area contributed by atoms with E-state index in [9.17, 15) is 46.0 Å². The standard InChI is InChI=1S/C25H44O3.2C24H40O3/c1-17(11-10-14-24(5,6)28)20(4)25(7,8)18(2)12-9-13-21-15-22(26)19(3)23(27)16-21;2*1-16(10-8-12-21-14-22(25)20(5)23(26)15-21)18(3)19(4)17(2)11-9-13-24(6,7)27/h9,12-13,17-18,20,22-23,26-28H,3,10-11,14-16H2,1-2,4-8H3;2*8,10,12,16-17,22-23,25-27H,5,9,11,13-15H2,1-4,6-7H3/b12-9+;10-8+,19-18+;10-8+,19-18-/t17?,18?,20?,22-,23-;2*16?,17?,22-,23-/m111/s1. The average Bonchev–Trinajstić information content (AvgIpc) is 3.49. The molecule has 0 spiro atoms. The zero-order valence-electron chi connectivity index (χ0n) is 55.5. The summed E-state index contributed by atoms with van der Waals surface area (Å²) in [6, 6.07) is 0. The zero-order chi connectivity index (χ0) is 63.2. The van der Waals surface area contributed by atoms with Gasteiger partial charge in [0.1, 0.15) is 0 Å². The van der Waals surface area contributed by atoms with Crippen molar-refractivity contribution in [1.29, 1.82) is 0 Å². The fourth-order valence-corrected chi connectivity index (χ4v) is 11.1. The van der Waals surface area contributed by atoms with E-state index in [4.69, 9.17) is 0 Å². The van der Waals surface area contributed by atoms with Crippen LogP contribution < -0.4 is 0 Å². The Morgan fingerprint density at radius 2 is 0.683 bits per heavy atom. The van der Waals surface area contributed by atoms with Gasteiger partial charge >= 0.3 is 0 Å². The third kappa shape index (κ3) is 28.8. The normalized spacial score (nSPS) is 24.9. The molecular weight excluding hydrogens is 1020 g/mol. The van der Waals surface area contributed by atoms with Crippen LogP contribution in [0.1, 0.15) is 228 Å². The van der Waals surface area contributed by atoms with Crippen LogP contribution in [0.5, 0.6) is 0 Å². The summed E-state index contributed by atoms with van der Waals surface area (Å²) in [4.78, 5) is 0. The second-order valence-electron chi connectivity index (χ2n) is 28.3. The van der Waals surface area contributed by atoms with Crippen molar-refractivity contribution < 1.29 is 46.0 Å². The molecule has 9 nitrogen and oxygen atoms in total. The van der Waals surface area contributed by atoms with Gasteiger partial charge in [0, 0.05) is 0 Å². The largest absolute Gasteiger partial charge is 0.390 e. The number of aliphatic hydroxyl groups excluding tert-OH is 6. The summed E-state index contributed by atoms with van der Waals surface area (Å²) in [7, 11) is 0. The first-order chi connectivity index (χ1) is 37.6. The maximum atomic E-state index is 9.97. The van der Waals surface area contributed by atoms with Crippen LogP contribution in [0.15, 0.2) is 130 Å². The maximum Gasteiger partial charge on any atom is 0.0809 e. The molecule has 9 heteroatoms. The van der Waals surface area contributed by atoms with E-state index in [1.807, 2.05) is 71.9 Å². The molecule has 3 fully saturated rings. The lowest BCUT2D eigenvalue weighted by molar-refractivity contribution is 0.0615. The van der Waals surface area contributed by atoms with Crippen LogP contribution in [0.3, 0.4) is 0 Å². The van der Waals surface area contributed by atoms with Gasteiger partial charge in [0.25, 0.3) is 0 Å². The Morgan fingerprint density at radius 1 is 0.427 bits per heavy atom. The highest BCUT2D eigenvalue weighted by molar-refractivity contribution is 5.30. The van der Waals surface area contributed by atoms with E-state index in [2.05, 4.69) is 134 Å². The molecule has 3 aliphatic rings. The summed E-state index contributed by atoms with van der Waals surface area (Å²) in [5.41, 5.74) is 8.82. The van der Waals surface area contributed by atoms with E-state index in [1.165, 1.54) is 22.3 Å². The van der Waals surface area contributed by atoms with Crippen LogP contribution in [-0.2, 0) is 0 Å². The molecule has 0 aromatic rings. The van der Waals surface area contributed by atoms with Gasteiger partial charge in [-0.05, 0) is 203 Å². The molecule has 7 unspecified atom stereocenters. The number of aliphatic hydroxyl groups is 9. The van der Waals surface area contributed by atoms with E-state index in [0.29, 0.717) is 96.7 Å². The highest BCUT2D eigenvalue weighted by Crippen LogP contribution is 2.42. The molecule has 0 bridgehead atoms. The smallest absolute Gasteiger partial charge is 0.0809 e. The van der Waals surface area contributed by atoms with Crippen LogP contribution in [0.4, 0.5) is 0 Å². The van der Waals surface area contributed by atoms with Crippen LogP contribution >= 0.6 is 0 Å². The molecule has 0 heterocycles. The first kappa shape index (κ1) is 76.8. The predicted octanol–water partition coefficient (Wildman–Crippen LogP) is 15.6. The number of rotatable bonds is 25.